The zero-order valence-corrected chi connectivity index (χ0v) is 8.49. The zero-order chi connectivity index (χ0) is 10.7. The predicted molar refractivity (Wildman–Crippen MR) is 55.2 cm³/mol. The van der Waals surface area contributed by atoms with Gasteiger partial charge in [-0.25, -0.2) is 4.79 Å². The Morgan fingerprint density at radius 2 is 2.20 bits per heavy atom. The van der Waals surface area contributed by atoms with E-state index in [4.69, 9.17) is 14.6 Å². The van der Waals surface area contributed by atoms with Crippen LogP contribution in [0, 0.1) is 0 Å². The van der Waals surface area contributed by atoms with E-state index in [-0.39, 0.29) is 6.79 Å². The van der Waals surface area contributed by atoms with Gasteiger partial charge in [0.25, 0.3) is 0 Å². The Labute approximate surface area is 90.5 Å². The molecule has 0 amide bonds. The van der Waals surface area contributed by atoms with E-state index in [2.05, 4.69) is 0 Å². The number of thioether (sulfide) groups is 1. The third kappa shape index (κ3) is 2.44. The average Bonchev–Trinajstić information content (AvgIpc) is 2.64. The summed E-state index contributed by atoms with van der Waals surface area (Å²) in [4.78, 5) is 11.1. The number of carbonyl (C=O) groups is 1. The van der Waals surface area contributed by atoms with E-state index in [1.54, 1.807) is 6.07 Å². The number of aliphatic carboxylic acids is 1. The van der Waals surface area contributed by atoms with E-state index in [0.29, 0.717) is 5.75 Å². The van der Waals surface area contributed by atoms with Crippen molar-refractivity contribution in [3.8, 4) is 11.5 Å². The van der Waals surface area contributed by atoms with Gasteiger partial charge in [-0.2, -0.15) is 0 Å². The second-order valence-electron chi connectivity index (χ2n) is 2.77. The van der Waals surface area contributed by atoms with Crippen LogP contribution in [0.15, 0.2) is 34.6 Å². The van der Waals surface area contributed by atoms with Gasteiger partial charge in [-0.3, -0.25) is 0 Å². The first-order valence-electron chi connectivity index (χ1n) is 4.21. The standard InChI is InChI=1S/C10H8O4S/c11-10(12)3-4-15-7-1-2-8-9(5-7)14-6-13-8/h1-5H,6H2,(H,11,12)/b4-3+. The van der Waals surface area contributed by atoms with Crippen molar-refractivity contribution in [2.24, 2.45) is 0 Å². The van der Waals surface area contributed by atoms with Gasteiger partial charge in [-0.1, -0.05) is 11.8 Å². The number of benzene rings is 1. The lowest BCUT2D eigenvalue weighted by molar-refractivity contribution is -0.131. The highest BCUT2D eigenvalue weighted by atomic mass is 32.2. The van der Waals surface area contributed by atoms with E-state index >= 15 is 0 Å². The summed E-state index contributed by atoms with van der Waals surface area (Å²) in [5, 5.41) is 9.92. The Balaban J connectivity index is 2.07. The van der Waals surface area contributed by atoms with Crippen LogP contribution in [0.25, 0.3) is 0 Å². The SMILES string of the molecule is O=C(O)/C=C/Sc1ccc2c(c1)OCO2. The van der Waals surface area contributed by atoms with Crippen LogP contribution >= 0.6 is 11.8 Å². The lowest BCUT2D eigenvalue weighted by Crippen LogP contribution is -1.92. The van der Waals surface area contributed by atoms with E-state index in [9.17, 15) is 4.79 Å². The minimum atomic E-state index is -0.955. The Morgan fingerprint density at radius 1 is 1.40 bits per heavy atom. The van der Waals surface area contributed by atoms with Gasteiger partial charge in [0.1, 0.15) is 0 Å². The predicted octanol–water partition coefficient (Wildman–Crippen LogP) is 2.11. The summed E-state index contributed by atoms with van der Waals surface area (Å²) in [5.41, 5.74) is 0. The zero-order valence-electron chi connectivity index (χ0n) is 7.67. The smallest absolute Gasteiger partial charge is 0.328 e. The highest BCUT2D eigenvalue weighted by molar-refractivity contribution is 8.02. The molecular weight excluding hydrogens is 216 g/mol. The van der Waals surface area contributed by atoms with Gasteiger partial charge < -0.3 is 14.6 Å². The molecule has 0 aliphatic carbocycles. The molecule has 0 aromatic heterocycles. The minimum Gasteiger partial charge on any atom is -0.478 e. The van der Waals surface area contributed by atoms with E-state index in [1.165, 1.54) is 17.2 Å². The summed E-state index contributed by atoms with van der Waals surface area (Å²) in [6.07, 6.45) is 1.09. The molecule has 0 saturated heterocycles. The summed E-state index contributed by atoms with van der Waals surface area (Å²) in [6.45, 7) is 0.244. The van der Waals surface area contributed by atoms with Gasteiger partial charge >= 0.3 is 5.97 Å². The molecule has 0 atom stereocenters. The fourth-order valence-corrected chi connectivity index (χ4v) is 1.78. The van der Waals surface area contributed by atoms with Crippen LogP contribution in [-0.2, 0) is 4.79 Å². The van der Waals surface area contributed by atoms with Gasteiger partial charge in [0, 0.05) is 11.0 Å². The van der Waals surface area contributed by atoms with Crippen molar-refractivity contribution in [1.82, 2.24) is 0 Å². The molecule has 0 unspecified atom stereocenters. The molecule has 5 heteroatoms. The molecule has 1 aliphatic heterocycles. The van der Waals surface area contributed by atoms with Crippen molar-refractivity contribution < 1.29 is 19.4 Å². The molecule has 1 heterocycles. The molecular formula is C10H8O4S. The van der Waals surface area contributed by atoms with Crippen molar-refractivity contribution >= 4 is 17.7 Å². The van der Waals surface area contributed by atoms with E-state index in [0.717, 1.165) is 16.7 Å². The Hall–Kier alpha value is -1.62. The summed E-state index contributed by atoms with van der Waals surface area (Å²) >= 11 is 1.32. The van der Waals surface area contributed by atoms with E-state index in [1.807, 2.05) is 12.1 Å². The first kappa shape index (κ1) is 9.92. The molecule has 0 fully saturated rings. The lowest BCUT2D eigenvalue weighted by Gasteiger charge is -1.98. The van der Waals surface area contributed by atoms with Crippen molar-refractivity contribution in [3.63, 3.8) is 0 Å². The summed E-state index contributed by atoms with van der Waals surface area (Å²) < 4.78 is 10.3. The van der Waals surface area contributed by atoms with Crippen molar-refractivity contribution in [3.05, 3.63) is 29.7 Å². The molecule has 2 rings (SSSR count). The highest BCUT2D eigenvalue weighted by Crippen LogP contribution is 2.35. The minimum absolute atomic E-state index is 0.244. The Morgan fingerprint density at radius 3 is 3.00 bits per heavy atom. The quantitative estimate of drug-likeness (QED) is 0.629. The monoisotopic (exact) mass is 224 g/mol. The van der Waals surface area contributed by atoms with Gasteiger partial charge in [0.2, 0.25) is 6.79 Å². The number of carboxylic acid groups (broad SMARTS) is 1. The molecule has 0 radical (unpaired) electrons. The maximum atomic E-state index is 10.2. The van der Waals surface area contributed by atoms with E-state index < -0.39 is 5.97 Å². The third-order valence-electron chi connectivity index (χ3n) is 1.76. The van der Waals surface area contributed by atoms with Crippen LogP contribution in [0.5, 0.6) is 11.5 Å². The molecule has 1 N–H and O–H groups in total. The molecule has 15 heavy (non-hydrogen) atoms. The second-order valence-corrected chi connectivity index (χ2v) is 3.75. The molecule has 0 spiro atoms. The largest absolute Gasteiger partial charge is 0.478 e. The number of hydrogen-bond donors (Lipinski definition) is 1. The second kappa shape index (κ2) is 4.27. The van der Waals surface area contributed by atoms with Crippen LogP contribution in [0.4, 0.5) is 0 Å². The van der Waals surface area contributed by atoms with Crippen LogP contribution in [0.2, 0.25) is 0 Å². The fourth-order valence-electron chi connectivity index (χ4n) is 1.12. The van der Waals surface area contributed by atoms with Gasteiger partial charge in [-0.05, 0) is 23.6 Å². The van der Waals surface area contributed by atoms with Crippen LogP contribution in [-0.4, -0.2) is 17.9 Å². The molecule has 4 nitrogen and oxygen atoms in total. The van der Waals surface area contributed by atoms with Crippen LogP contribution < -0.4 is 9.47 Å². The Kier molecular flexibility index (Phi) is 2.82. The third-order valence-corrected chi connectivity index (χ3v) is 2.56. The first-order valence-corrected chi connectivity index (χ1v) is 5.09. The molecule has 0 bridgehead atoms. The topological polar surface area (TPSA) is 55.8 Å². The van der Waals surface area contributed by atoms with Gasteiger partial charge in [0.15, 0.2) is 11.5 Å². The Bertz CT molecular complexity index is 414. The number of ether oxygens (including phenoxy) is 2. The van der Waals surface area contributed by atoms with Crippen LogP contribution in [0.1, 0.15) is 0 Å². The van der Waals surface area contributed by atoms with Gasteiger partial charge in [0.05, 0.1) is 0 Å². The summed E-state index contributed by atoms with van der Waals surface area (Å²) in [7, 11) is 0. The normalized spacial score (nSPS) is 13.3. The molecule has 1 aromatic rings. The first-order chi connectivity index (χ1) is 7.25. The lowest BCUT2D eigenvalue weighted by atomic mass is 10.3. The fraction of sp³-hybridized carbons (Fsp3) is 0.100. The van der Waals surface area contributed by atoms with Gasteiger partial charge in [-0.15, -0.1) is 0 Å². The number of rotatable bonds is 3. The van der Waals surface area contributed by atoms with Crippen LogP contribution in [0.3, 0.4) is 0 Å². The maximum absolute atomic E-state index is 10.2. The number of hydrogen-bond acceptors (Lipinski definition) is 4. The number of fused-ring (bicyclic) bond motifs is 1. The molecule has 0 saturated carbocycles. The maximum Gasteiger partial charge on any atom is 0.328 e. The van der Waals surface area contributed by atoms with Crippen molar-refractivity contribution in [1.29, 1.82) is 0 Å². The van der Waals surface area contributed by atoms with Crippen molar-refractivity contribution in [2.45, 2.75) is 4.90 Å². The summed E-state index contributed by atoms with van der Waals surface area (Å²) in [6, 6.07) is 5.48. The highest BCUT2D eigenvalue weighted by Gasteiger charge is 2.12. The summed E-state index contributed by atoms with van der Waals surface area (Å²) in [5.74, 6) is 0.466. The molecule has 1 aliphatic rings. The molecule has 78 valence electrons. The molecule has 1 aromatic carbocycles. The average molecular weight is 224 g/mol. The van der Waals surface area contributed by atoms with Crippen molar-refractivity contribution in [2.75, 3.05) is 6.79 Å². The number of carboxylic acids is 1.